The lowest BCUT2D eigenvalue weighted by atomic mass is 9.93. The fourth-order valence-electron chi connectivity index (χ4n) is 3.18. The van der Waals surface area contributed by atoms with Crippen molar-refractivity contribution in [1.29, 1.82) is 0 Å². The van der Waals surface area contributed by atoms with E-state index in [0.717, 1.165) is 12.8 Å². The van der Waals surface area contributed by atoms with Crippen molar-refractivity contribution in [3.63, 3.8) is 0 Å². The second kappa shape index (κ2) is 7.42. The Morgan fingerprint density at radius 1 is 1.36 bits per heavy atom. The zero-order valence-electron chi connectivity index (χ0n) is 14.6. The van der Waals surface area contributed by atoms with Gasteiger partial charge in [-0.1, -0.05) is 12.1 Å². The standard InChI is InChI=1S/C19H25FN2O3/c1-2-25-16-7-4-3-6-15(16)17(23)22-11-5-10-19(20,13-22)18(24)21-12-14-8-9-14/h3-4,6-7,14H,2,5,8-13H2,1H3,(H,21,24). The van der Waals surface area contributed by atoms with E-state index in [1.165, 1.54) is 4.90 Å². The molecule has 0 aromatic heterocycles. The number of hydrogen-bond donors (Lipinski definition) is 1. The van der Waals surface area contributed by atoms with Crippen LogP contribution in [0.3, 0.4) is 0 Å². The van der Waals surface area contributed by atoms with Crippen molar-refractivity contribution < 1.29 is 18.7 Å². The Balaban J connectivity index is 1.69. The number of benzene rings is 1. The fourth-order valence-corrected chi connectivity index (χ4v) is 3.18. The van der Waals surface area contributed by atoms with Crippen LogP contribution in [-0.2, 0) is 4.79 Å². The lowest BCUT2D eigenvalue weighted by Crippen LogP contribution is -2.55. The topological polar surface area (TPSA) is 58.6 Å². The first-order valence-electron chi connectivity index (χ1n) is 9.02. The maximum atomic E-state index is 15.2. The van der Waals surface area contributed by atoms with Crippen molar-refractivity contribution in [1.82, 2.24) is 10.2 Å². The van der Waals surface area contributed by atoms with E-state index in [1.807, 2.05) is 6.92 Å². The van der Waals surface area contributed by atoms with Crippen LogP contribution < -0.4 is 10.1 Å². The van der Waals surface area contributed by atoms with Crippen LogP contribution in [0.1, 0.15) is 43.0 Å². The molecular weight excluding hydrogens is 323 g/mol. The van der Waals surface area contributed by atoms with Crippen LogP contribution >= 0.6 is 0 Å². The van der Waals surface area contributed by atoms with Crippen molar-refractivity contribution in [2.75, 3.05) is 26.2 Å². The molecule has 5 nitrogen and oxygen atoms in total. The highest BCUT2D eigenvalue weighted by Crippen LogP contribution is 2.30. The first-order valence-corrected chi connectivity index (χ1v) is 9.02. The normalized spacial score (nSPS) is 23.2. The number of nitrogens with one attached hydrogen (secondary N) is 1. The molecule has 25 heavy (non-hydrogen) atoms. The number of halogens is 1. The Hall–Kier alpha value is -2.11. The van der Waals surface area contributed by atoms with Gasteiger partial charge in [0.1, 0.15) is 5.75 Å². The average Bonchev–Trinajstić information content (AvgIpc) is 3.44. The minimum Gasteiger partial charge on any atom is -0.493 e. The molecule has 1 N–H and O–H groups in total. The number of likely N-dealkylation sites (tertiary alicyclic amines) is 1. The van der Waals surface area contributed by atoms with Crippen LogP contribution in [-0.4, -0.2) is 48.6 Å². The van der Waals surface area contributed by atoms with Crippen molar-refractivity contribution in [2.45, 2.75) is 38.3 Å². The Labute approximate surface area is 147 Å². The molecule has 1 unspecified atom stereocenters. The molecule has 0 radical (unpaired) electrons. The molecule has 1 saturated carbocycles. The van der Waals surface area contributed by atoms with Crippen molar-refractivity contribution >= 4 is 11.8 Å². The second-order valence-electron chi connectivity index (χ2n) is 6.88. The smallest absolute Gasteiger partial charge is 0.259 e. The Bertz CT molecular complexity index is 647. The lowest BCUT2D eigenvalue weighted by Gasteiger charge is -2.36. The van der Waals surface area contributed by atoms with Gasteiger partial charge in [0.05, 0.1) is 18.7 Å². The number of nitrogens with zero attached hydrogens (tertiary/aromatic N) is 1. The van der Waals surface area contributed by atoms with E-state index < -0.39 is 11.6 Å². The number of alkyl halides is 1. The molecule has 2 amide bonds. The number of carbonyl (C=O) groups excluding carboxylic acids is 2. The van der Waals surface area contributed by atoms with Gasteiger partial charge in [-0.2, -0.15) is 0 Å². The summed E-state index contributed by atoms with van der Waals surface area (Å²) in [5.41, 5.74) is -1.60. The second-order valence-corrected chi connectivity index (χ2v) is 6.88. The highest BCUT2D eigenvalue weighted by atomic mass is 19.1. The van der Waals surface area contributed by atoms with Gasteiger partial charge in [0.15, 0.2) is 0 Å². The molecule has 1 saturated heterocycles. The summed E-state index contributed by atoms with van der Waals surface area (Å²) >= 11 is 0. The summed E-state index contributed by atoms with van der Waals surface area (Å²) in [4.78, 5) is 26.5. The molecule has 1 aromatic carbocycles. The quantitative estimate of drug-likeness (QED) is 0.859. The van der Waals surface area contributed by atoms with E-state index in [-0.39, 0.29) is 18.9 Å². The summed E-state index contributed by atoms with van der Waals surface area (Å²) < 4.78 is 20.7. The van der Waals surface area contributed by atoms with Crippen LogP contribution in [0.5, 0.6) is 5.75 Å². The Morgan fingerprint density at radius 2 is 2.12 bits per heavy atom. The summed E-state index contributed by atoms with van der Waals surface area (Å²) in [5.74, 6) is 0.103. The van der Waals surface area contributed by atoms with Crippen LogP contribution in [0.4, 0.5) is 4.39 Å². The van der Waals surface area contributed by atoms with Gasteiger partial charge in [-0.3, -0.25) is 9.59 Å². The number of hydrogen-bond acceptors (Lipinski definition) is 3. The molecule has 1 aromatic rings. The Morgan fingerprint density at radius 3 is 2.84 bits per heavy atom. The van der Waals surface area contributed by atoms with E-state index >= 15 is 4.39 Å². The molecule has 136 valence electrons. The summed E-state index contributed by atoms with van der Waals surface area (Å²) in [5, 5.41) is 2.71. The van der Waals surface area contributed by atoms with Crippen LogP contribution in [0.25, 0.3) is 0 Å². The van der Waals surface area contributed by atoms with E-state index in [0.29, 0.717) is 43.3 Å². The van der Waals surface area contributed by atoms with Gasteiger partial charge in [-0.15, -0.1) is 0 Å². The molecule has 1 aliphatic heterocycles. The molecule has 2 fully saturated rings. The molecule has 1 heterocycles. The largest absolute Gasteiger partial charge is 0.493 e. The van der Waals surface area contributed by atoms with Crippen LogP contribution in [0.15, 0.2) is 24.3 Å². The Kier molecular flexibility index (Phi) is 5.25. The van der Waals surface area contributed by atoms with Crippen LogP contribution in [0.2, 0.25) is 0 Å². The summed E-state index contributed by atoms with van der Waals surface area (Å²) in [7, 11) is 0. The van der Waals surface area contributed by atoms with Crippen molar-refractivity contribution in [3.8, 4) is 5.75 Å². The van der Waals surface area contributed by atoms with Gasteiger partial charge in [-0.05, 0) is 50.7 Å². The fraction of sp³-hybridized carbons (Fsp3) is 0.579. The van der Waals surface area contributed by atoms with E-state index in [9.17, 15) is 9.59 Å². The number of piperidine rings is 1. The molecule has 1 aliphatic carbocycles. The first-order chi connectivity index (χ1) is 12.0. The summed E-state index contributed by atoms with van der Waals surface area (Å²) in [6.07, 6.45) is 2.81. The number of para-hydroxylation sites is 1. The third kappa shape index (κ3) is 4.11. The van der Waals surface area contributed by atoms with Crippen molar-refractivity contribution in [2.24, 2.45) is 5.92 Å². The molecule has 6 heteroatoms. The number of rotatable bonds is 6. The molecule has 0 bridgehead atoms. The highest BCUT2D eigenvalue weighted by molar-refractivity contribution is 5.97. The zero-order valence-corrected chi connectivity index (χ0v) is 14.6. The maximum absolute atomic E-state index is 15.2. The third-order valence-electron chi connectivity index (χ3n) is 4.80. The first kappa shape index (κ1) is 17.7. The van der Waals surface area contributed by atoms with Gasteiger partial charge in [0.25, 0.3) is 11.8 Å². The average molecular weight is 348 g/mol. The van der Waals surface area contributed by atoms with Gasteiger partial charge in [0.2, 0.25) is 5.67 Å². The SMILES string of the molecule is CCOc1ccccc1C(=O)N1CCCC(F)(C(=O)NCC2CC2)C1. The molecule has 1 atom stereocenters. The predicted octanol–water partition coefficient (Wildman–Crippen LogP) is 2.56. The zero-order chi connectivity index (χ0) is 17.9. The van der Waals surface area contributed by atoms with Gasteiger partial charge in [-0.25, -0.2) is 4.39 Å². The number of carbonyl (C=O) groups is 2. The predicted molar refractivity (Wildman–Crippen MR) is 92.3 cm³/mol. The van der Waals surface area contributed by atoms with Gasteiger partial charge in [0, 0.05) is 13.1 Å². The van der Waals surface area contributed by atoms with E-state index in [4.69, 9.17) is 4.74 Å². The summed E-state index contributed by atoms with van der Waals surface area (Å²) in [6, 6.07) is 6.95. The van der Waals surface area contributed by atoms with Crippen LogP contribution in [0, 0.1) is 5.92 Å². The molecular formula is C19H25FN2O3. The number of ether oxygens (including phenoxy) is 1. The van der Waals surface area contributed by atoms with E-state index in [1.54, 1.807) is 24.3 Å². The van der Waals surface area contributed by atoms with Gasteiger partial charge < -0.3 is 15.0 Å². The third-order valence-corrected chi connectivity index (χ3v) is 4.80. The minimum atomic E-state index is -2.01. The molecule has 3 rings (SSSR count). The lowest BCUT2D eigenvalue weighted by molar-refractivity contribution is -0.135. The molecule has 0 spiro atoms. The van der Waals surface area contributed by atoms with Gasteiger partial charge >= 0.3 is 0 Å². The van der Waals surface area contributed by atoms with Crippen molar-refractivity contribution in [3.05, 3.63) is 29.8 Å². The minimum absolute atomic E-state index is 0.153. The van der Waals surface area contributed by atoms with E-state index in [2.05, 4.69) is 5.32 Å². The number of amides is 2. The monoisotopic (exact) mass is 348 g/mol. The summed E-state index contributed by atoms with van der Waals surface area (Å²) in [6.45, 7) is 3.06. The molecule has 2 aliphatic rings. The maximum Gasteiger partial charge on any atom is 0.259 e. The highest BCUT2D eigenvalue weighted by Gasteiger charge is 2.44.